The van der Waals surface area contributed by atoms with Crippen LogP contribution in [0.15, 0.2) is 164 Å². The van der Waals surface area contributed by atoms with E-state index in [-0.39, 0.29) is 5.92 Å². The van der Waals surface area contributed by atoms with E-state index in [0.29, 0.717) is 0 Å². The third-order valence-corrected chi connectivity index (χ3v) is 9.60. The molecule has 0 spiro atoms. The topological polar surface area (TPSA) is 0 Å². The van der Waals surface area contributed by atoms with Crippen molar-refractivity contribution in [2.75, 3.05) is 0 Å². The zero-order valence-corrected chi connectivity index (χ0v) is 24.4. The molecule has 0 radical (unpaired) electrons. The van der Waals surface area contributed by atoms with Gasteiger partial charge in [0.25, 0.3) is 0 Å². The standard InChI is InChI=1S/C44H30/c1-3-12-29(13-4-1)33-24-34(30-14-5-2-6-15-30)26-35(25-33)31-22-23-41-42(27-31)38-18-9-10-19-39(38)44(41)40-21-11-20-37-36-17-8-7-16-32(36)28-43(37)40/h1-27,44H,28H2. The second kappa shape index (κ2) is 10.1. The van der Waals surface area contributed by atoms with Gasteiger partial charge in [0.2, 0.25) is 0 Å². The average Bonchev–Trinajstić information content (AvgIpc) is 3.64. The molecule has 7 aromatic rings. The molecule has 0 saturated heterocycles. The average molecular weight is 559 g/mol. The number of hydrogen-bond acceptors (Lipinski definition) is 0. The van der Waals surface area contributed by atoms with Crippen molar-refractivity contribution in [3.8, 4) is 55.6 Å². The molecule has 2 aliphatic rings. The molecule has 44 heavy (non-hydrogen) atoms. The van der Waals surface area contributed by atoms with Crippen LogP contribution in [0.3, 0.4) is 0 Å². The number of benzene rings is 7. The molecule has 0 nitrogen and oxygen atoms in total. The van der Waals surface area contributed by atoms with E-state index in [1.54, 1.807) is 0 Å². The SMILES string of the molecule is c1ccc(-c2cc(-c3ccccc3)cc(-c3ccc4c(c3)-c3ccccc3C4c3cccc4c3Cc3ccccc3-4)c2)cc1. The van der Waals surface area contributed by atoms with Gasteiger partial charge in [-0.05, 0) is 114 Å². The van der Waals surface area contributed by atoms with Gasteiger partial charge in [-0.3, -0.25) is 0 Å². The van der Waals surface area contributed by atoms with E-state index < -0.39 is 0 Å². The highest BCUT2D eigenvalue weighted by Gasteiger charge is 2.33. The summed E-state index contributed by atoms with van der Waals surface area (Å²) in [6.45, 7) is 0. The number of fused-ring (bicyclic) bond motifs is 6. The Morgan fingerprint density at radius 1 is 0.318 bits per heavy atom. The van der Waals surface area contributed by atoms with Crippen molar-refractivity contribution in [1.29, 1.82) is 0 Å². The third-order valence-electron chi connectivity index (χ3n) is 9.60. The van der Waals surface area contributed by atoms with Crippen LogP contribution in [0.2, 0.25) is 0 Å². The highest BCUT2D eigenvalue weighted by molar-refractivity contribution is 5.88. The first-order chi connectivity index (χ1) is 21.8. The van der Waals surface area contributed by atoms with Crippen LogP contribution >= 0.6 is 0 Å². The third kappa shape index (κ3) is 3.99. The summed E-state index contributed by atoms with van der Waals surface area (Å²) in [5.74, 6) is 0.232. The minimum Gasteiger partial charge on any atom is -0.0622 e. The van der Waals surface area contributed by atoms with E-state index in [0.717, 1.165) is 6.42 Å². The number of hydrogen-bond donors (Lipinski definition) is 0. The Balaban J connectivity index is 1.20. The Labute approximate surface area is 258 Å². The van der Waals surface area contributed by atoms with E-state index >= 15 is 0 Å². The lowest BCUT2D eigenvalue weighted by Gasteiger charge is -2.19. The van der Waals surface area contributed by atoms with Gasteiger partial charge in [0, 0.05) is 5.92 Å². The molecule has 1 atom stereocenters. The molecule has 0 saturated carbocycles. The van der Waals surface area contributed by atoms with Crippen LogP contribution in [0.1, 0.15) is 33.7 Å². The summed E-state index contributed by atoms with van der Waals surface area (Å²) in [7, 11) is 0. The fourth-order valence-corrected chi connectivity index (χ4v) is 7.56. The molecule has 0 aliphatic heterocycles. The summed E-state index contributed by atoms with van der Waals surface area (Å²) in [6.07, 6.45) is 1.00. The second-order valence-corrected chi connectivity index (χ2v) is 12.1. The maximum atomic E-state index is 2.44. The van der Waals surface area contributed by atoms with Gasteiger partial charge in [0.05, 0.1) is 0 Å². The molecule has 0 fully saturated rings. The van der Waals surface area contributed by atoms with E-state index in [2.05, 4.69) is 164 Å². The van der Waals surface area contributed by atoms with Crippen molar-refractivity contribution in [2.45, 2.75) is 12.3 Å². The smallest absolute Gasteiger partial charge is 0.0355 e. The maximum absolute atomic E-state index is 2.44. The molecule has 0 heterocycles. The van der Waals surface area contributed by atoms with Crippen LogP contribution in [0.25, 0.3) is 55.6 Å². The molecule has 0 N–H and O–H groups in total. The van der Waals surface area contributed by atoms with Crippen LogP contribution in [-0.4, -0.2) is 0 Å². The van der Waals surface area contributed by atoms with E-state index in [1.807, 2.05) is 0 Å². The Morgan fingerprint density at radius 3 is 1.59 bits per heavy atom. The predicted molar refractivity (Wildman–Crippen MR) is 184 cm³/mol. The Hall–Kier alpha value is -5.46. The molecular weight excluding hydrogens is 528 g/mol. The molecule has 7 aromatic carbocycles. The zero-order chi connectivity index (χ0) is 29.0. The van der Waals surface area contributed by atoms with Gasteiger partial charge in [0.1, 0.15) is 0 Å². The van der Waals surface area contributed by atoms with Crippen molar-refractivity contribution in [3.63, 3.8) is 0 Å². The molecule has 2 aliphatic carbocycles. The van der Waals surface area contributed by atoms with Crippen LogP contribution in [-0.2, 0) is 6.42 Å². The first-order valence-electron chi connectivity index (χ1n) is 15.5. The van der Waals surface area contributed by atoms with E-state index in [1.165, 1.54) is 83.5 Å². The van der Waals surface area contributed by atoms with Crippen molar-refractivity contribution < 1.29 is 0 Å². The summed E-state index contributed by atoms with van der Waals surface area (Å²) in [6, 6.07) is 60.5. The summed E-state index contributed by atoms with van der Waals surface area (Å²) >= 11 is 0. The minimum atomic E-state index is 0.232. The molecule has 0 bridgehead atoms. The monoisotopic (exact) mass is 558 g/mol. The normalized spacial score (nSPS) is 14.0. The van der Waals surface area contributed by atoms with Crippen molar-refractivity contribution in [1.82, 2.24) is 0 Å². The Morgan fingerprint density at radius 2 is 0.864 bits per heavy atom. The van der Waals surface area contributed by atoms with Crippen molar-refractivity contribution in [3.05, 3.63) is 192 Å². The molecule has 0 amide bonds. The lowest BCUT2D eigenvalue weighted by atomic mass is 9.84. The Kier molecular flexibility index (Phi) is 5.74. The first-order valence-corrected chi connectivity index (χ1v) is 15.5. The quantitative estimate of drug-likeness (QED) is 0.201. The van der Waals surface area contributed by atoms with Gasteiger partial charge in [-0.2, -0.15) is 0 Å². The highest BCUT2D eigenvalue weighted by atomic mass is 14.4. The summed E-state index contributed by atoms with van der Waals surface area (Å²) < 4.78 is 0. The summed E-state index contributed by atoms with van der Waals surface area (Å²) in [5, 5.41) is 0. The summed E-state index contributed by atoms with van der Waals surface area (Å²) in [5.41, 5.74) is 20.1. The first kappa shape index (κ1) is 25.1. The molecular formula is C44H30. The zero-order valence-electron chi connectivity index (χ0n) is 24.4. The van der Waals surface area contributed by atoms with E-state index in [9.17, 15) is 0 Å². The van der Waals surface area contributed by atoms with Crippen LogP contribution in [0.4, 0.5) is 0 Å². The van der Waals surface area contributed by atoms with Gasteiger partial charge in [-0.1, -0.05) is 140 Å². The molecule has 1 unspecified atom stereocenters. The van der Waals surface area contributed by atoms with Crippen LogP contribution in [0.5, 0.6) is 0 Å². The van der Waals surface area contributed by atoms with Gasteiger partial charge in [0.15, 0.2) is 0 Å². The lowest BCUT2D eigenvalue weighted by Crippen LogP contribution is -2.03. The van der Waals surface area contributed by atoms with Crippen molar-refractivity contribution in [2.24, 2.45) is 0 Å². The summed E-state index contributed by atoms with van der Waals surface area (Å²) in [4.78, 5) is 0. The second-order valence-electron chi connectivity index (χ2n) is 12.1. The number of rotatable bonds is 4. The van der Waals surface area contributed by atoms with Gasteiger partial charge >= 0.3 is 0 Å². The minimum absolute atomic E-state index is 0.232. The van der Waals surface area contributed by atoms with E-state index in [4.69, 9.17) is 0 Å². The maximum Gasteiger partial charge on any atom is 0.0355 e. The molecule has 206 valence electrons. The largest absolute Gasteiger partial charge is 0.0622 e. The lowest BCUT2D eigenvalue weighted by molar-refractivity contribution is 0.987. The highest BCUT2D eigenvalue weighted by Crippen LogP contribution is 2.52. The molecule has 0 aromatic heterocycles. The van der Waals surface area contributed by atoms with Gasteiger partial charge < -0.3 is 0 Å². The predicted octanol–water partition coefficient (Wildman–Crippen LogP) is 11.4. The van der Waals surface area contributed by atoms with Crippen LogP contribution < -0.4 is 0 Å². The fraction of sp³-hybridized carbons (Fsp3) is 0.0455. The van der Waals surface area contributed by atoms with Crippen molar-refractivity contribution >= 4 is 0 Å². The Bertz CT molecular complexity index is 2130. The van der Waals surface area contributed by atoms with Gasteiger partial charge in [-0.25, -0.2) is 0 Å². The molecule has 0 heteroatoms. The fourth-order valence-electron chi connectivity index (χ4n) is 7.56. The molecule has 9 rings (SSSR count). The van der Waals surface area contributed by atoms with Gasteiger partial charge in [-0.15, -0.1) is 0 Å². The van der Waals surface area contributed by atoms with Crippen LogP contribution in [0, 0.1) is 0 Å².